The van der Waals surface area contributed by atoms with Crippen LogP contribution in [0.2, 0.25) is 0 Å². The fraction of sp³-hybridized carbons (Fsp3) is 0.400. The van der Waals surface area contributed by atoms with Crippen molar-refractivity contribution in [1.29, 1.82) is 0 Å². The SMILES string of the molecule is CCCC1c2cc3c4c5c2OCOc2c1cc1c6c2COc2cccc(c2)OCc2c7c8cc9c2OCOc2c(cc%10c%11c2COc2cccc(c2)OCc2c(c(cc%12c2OCOc2c(cc(c(c2COc2cccc(c2)OCc2c%13c(cc(c2OCO%11)C%10CCC)C(CCC)c2cc(c(c(c2OCO%13)COc2cccc(c2)OC5)OCO7)C8CCC)OCO4)C3CCC)C%12CCC)C1CCC)OCO6)C9CCC. The molecule has 0 spiro atoms. The van der Waals surface area contributed by atoms with Crippen LogP contribution in [0.5, 0.6) is 138 Å². The number of rotatable bonds is 16. The third kappa shape index (κ3) is 15.7. The maximum atomic E-state index is 7.49. The molecule has 0 unspecified atom stereocenters. The summed E-state index contributed by atoms with van der Waals surface area (Å²) >= 11 is 0. The maximum absolute atomic E-state index is 7.49. The fourth-order valence-corrected chi connectivity index (χ4v) is 25.1. The molecule has 24 nitrogen and oxygen atoms in total. The molecule has 15 heterocycles. The van der Waals surface area contributed by atoms with Gasteiger partial charge >= 0.3 is 0 Å². The Morgan fingerprint density at radius 2 is 0.250 bits per heavy atom. The first-order chi connectivity index (χ1) is 71.1. The van der Waals surface area contributed by atoms with Crippen molar-refractivity contribution in [3.8, 4) is 138 Å². The highest BCUT2D eigenvalue weighted by molar-refractivity contribution is 5.74. The monoisotopic (exact) mass is 1940 g/mol. The summed E-state index contributed by atoms with van der Waals surface area (Å²) in [6.45, 7) is 15.6. The van der Waals surface area contributed by atoms with Gasteiger partial charge in [0.15, 0.2) is 0 Å². The zero-order chi connectivity index (χ0) is 96.9. The molecule has 144 heavy (non-hydrogen) atoms. The lowest BCUT2D eigenvalue weighted by Crippen LogP contribution is -2.26. The standard InChI is InChI=1S/C120H120O24/c1-9-21-73-81-41-83-74(22-10-2)85-43-87-76(24-12-4)88-44-86-75(23-11-3)84-42-82(73)106-98-50-122-66-30-18-32-68(38-66)126-54-102-114-90-46-92-79(27-15-7)94-48-96-80(28-16-8)95-47-93-78(26-14-6)91-45-89(77(90)25-13-5)113(137-61-138-114)101-53-125-67-31-17-29-65(37-67)121-49-97(105(81)129-57-130-106)107(83)131-58-133-109(85)99-51-123-69-33-19-35-71(39-69)127-55-103(117(93)141-62-139-115(91)101)119(95)143-64-144-120(96)104(118(94)142-63-140-116(92)102)56-128-72-36-20-34-70(40-72)124-52-100(110(86)134-59-132-108(84)98)112(88)136-60-135-111(87)99/h17-20,29-48,73-80H,9-16,21-28,49-64H2,1-8H3. The van der Waals surface area contributed by atoms with Crippen LogP contribution in [0.1, 0.15) is 339 Å². The number of hydrogen-bond acceptors (Lipinski definition) is 24. The second-order valence-corrected chi connectivity index (χ2v) is 39.7. The highest BCUT2D eigenvalue weighted by atomic mass is 16.7. The van der Waals surface area contributed by atoms with Crippen molar-refractivity contribution in [1.82, 2.24) is 0 Å². The van der Waals surface area contributed by atoms with Gasteiger partial charge in [-0.15, -0.1) is 0 Å². The Balaban J connectivity index is 0.852. The molecule has 12 aromatic rings. The Hall–Kier alpha value is -14.2. The molecule has 0 saturated heterocycles. The van der Waals surface area contributed by atoms with E-state index < -0.39 is 47.3 Å². The first kappa shape index (κ1) is 91.1. The van der Waals surface area contributed by atoms with Crippen molar-refractivity contribution in [2.45, 2.75) is 258 Å². The summed E-state index contributed by atoms with van der Waals surface area (Å²) in [5, 5.41) is 0. The molecule has 0 saturated carbocycles. The average Bonchev–Trinajstić information content (AvgIpc) is 0.719. The molecular formula is C120H120O24. The maximum Gasteiger partial charge on any atom is 0.230 e. The summed E-state index contributed by atoms with van der Waals surface area (Å²) in [5.41, 5.74) is 20.2. The molecule has 12 aromatic carbocycles. The van der Waals surface area contributed by atoms with Gasteiger partial charge < -0.3 is 114 Å². The summed E-state index contributed by atoms with van der Waals surface area (Å²) < 4.78 is 180. The van der Waals surface area contributed by atoms with Crippen LogP contribution in [0, 0.1) is 0 Å². The molecule has 46 bridgehead atoms. The van der Waals surface area contributed by atoms with Gasteiger partial charge in [-0.05, 0) is 148 Å². The van der Waals surface area contributed by atoms with Gasteiger partial charge in [-0.3, -0.25) is 0 Å². The van der Waals surface area contributed by atoms with Crippen LogP contribution in [0.25, 0.3) is 0 Å². The van der Waals surface area contributed by atoms with Crippen molar-refractivity contribution < 1.29 is 114 Å². The van der Waals surface area contributed by atoms with E-state index in [9.17, 15) is 0 Å². The number of ether oxygens (including phenoxy) is 24. The summed E-state index contributed by atoms with van der Waals surface area (Å²) in [7, 11) is 0. The minimum atomic E-state index is -0.435. The van der Waals surface area contributed by atoms with Gasteiger partial charge in [0.2, 0.25) is 54.3 Å². The smallest absolute Gasteiger partial charge is 0.230 e. The Morgan fingerprint density at radius 3 is 0.347 bits per heavy atom. The number of hydrogen-bond donors (Lipinski definition) is 0. The fourth-order valence-electron chi connectivity index (χ4n) is 25.1. The molecule has 0 N–H and O–H groups in total. The Labute approximate surface area is 838 Å². The topological polar surface area (TPSA) is 222 Å². The van der Waals surface area contributed by atoms with E-state index in [0.29, 0.717) is 234 Å². The Bertz CT molecular complexity index is 5570. The van der Waals surface area contributed by atoms with Crippen LogP contribution >= 0.6 is 0 Å². The van der Waals surface area contributed by atoms with E-state index in [0.717, 1.165) is 140 Å². The van der Waals surface area contributed by atoms with E-state index in [1.807, 2.05) is 97.1 Å². The lowest BCUT2D eigenvalue weighted by molar-refractivity contribution is 0.0888. The lowest BCUT2D eigenvalue weighted by atomic mass is 9.74. The lowest BCUT2D eigenvalue weighted by Gasteiger charge is -2.37. The largest absolute Gasteiger partial charge is 0.488 e. The van der Waals surface area contributed by atoms with Crippen LogP contribution in [0.15, 0.2) is 146 Å². The minimum Gasteiger partial charge on any atom is -0.488 e. The molecule has 0 atom stereocenters. The van der Waals surface area contributed by atoms with Gasteiger partial charge in [0, 0.05) is 161 Å². The summed E-state index contributed by atoms with van der Waals surface area (Å²) in [6.07, 6.45) is 11.0. The molecule has 27 rings (SSSR count). The van der Waals surface area contributed by atoms with Crippen molar-refractivity contribution in [3.63, 3.8) is 0 Å². The zero-order valence-corrected chi connectivity index (χ0v) is 82.9. The molecule has 0 aromatic heterocycles. The molecular weight excluding hydrogens is 1830 g/mol. The Morgan fingerprint density at radius 1 is 0.146 bits per heavy atom. The molecule has 15 aliphatic rings. The van der Waals surface area contributed by atoms with E-state index in [1.165, 1.54) is 0 Å². The molecule has 0 amide bonds. The quantitative estimate of drug-likeness (QED) is 0.0877. The second kappa shape index (κ2) is 38.5. The summed E-state index contributed by atoms with van der Waals surface area (Å²) in [5.74, 6) is 9.79. The van der Waals surface area contributed by atoms with E-state index >= 15 is 0 Å². The van der Waals surface area contributed by atoms with Crippen LogP contribution < -0.4 is 114 Å². The van der Waals surface area contributed by atoms with Gasteiger partial charge in [0.05, 0.1) is 44.5 Å². The van der Waals surface area contributed by atoms with Gasteiger partial charge in [-0.1, -0.05) is 131 Å². The van der Waals surface area contributed by atoms with E-state index in [1.54, 1.807) is 0 Å². The predicted molar refractivity (Wildman–Crippen MR) is 535 cm³/mol. The third-order valence-electron chi connectivity index (χ3n) is 31.2. The molecule has 0 aliphatic carbocycles. The Kier molecular flexibility index (Phi) is 24.4. The van der Waals surface area contributed by atoms with Gasteiger partial charge in [-0.25, -0.2) is 0 Å². The molecule has 744 valence electrons. The van der Waals surface area contributed by atoms with Crippen LogP contribution in [0.4, 0.5) is 0 Å². The minimum absolute atomic E-state index is 0.0416. The molecule has 24 heteroatoms. The summed E-state index contributed by atoms with van der Waals surface area (Å²) in [6, 6.07) is 50.4. The van der Waals surface area contributed by atoms with Crippen LogP contribution in [-0.2, 0) is 52.9 Å². The first-order valence-corrected chi connectivity index (χ1v) is 52.1. The molecule has 0 radical (unpaired) electrons. The average molecular weight is 1950 g/mol. The highest BCUT2D eigenvalue weighted by Crippen LogP contribution is 2.64. The molecule has 15 aliphatic heterocycles. The third-order valence-corrected chi connectivity index (χ3v) is 31.2. The van der Waals surface area contributed by atoms with Gasteiger partial charge in [-0.2, -0.15) is 0 Å². The van der Waals surface area contributed by atoms with Crippen molar-refractivity contribution in [2.75, 3.05) is 54.3 Å². The van der Waals surface area contributed by atoms with E-state index in [4.69, 9.17) is 114 Å². The van der Waals surface area contributed by atoms with Gasteiger partial charge in [0.25, 0.3) is 0 Å². The predicted octanol–water partition coefficient (Wildman–Crippen LogP) is 27.2. The number of benzene rings is 12. The van der Waals surface area contributed by atoms with Crippen LogP contribution in [-0.4, -0.2) is 54.3 Å². The number of fused-ring (bicyclic) bond motifs is 8. The van der Waals surface area contributed by atoms with Crippen molar-refractivity contribution in [2.24, 2.45) is 0 Å². The van der Waals surface area contributed by atoms with Crippen LogP contribution in [0.3, 0.4) is 0 Å². The zero-order valence-electron chi connectivity index (χ0n) is 82.9. The van der Waals surface area contributed by atoms with Crippen molar-refractivity contribution >= 4 is 0 Å². The highest BCUT2D eigenvalue weighted by Gasteiger charge is 2.47. The van der Waals surface area contributed by atoms with E-state index in [2.05, 4.69) is 104 Å². The summed E-state index contributed by atoms with van der Waals surface area (Å²) in [4.78, 5) is 0. The van der Waals surface area contributed by atoms with Crippen molar-refractivity contribution in [3.05, 3.63) is 279 Å². The normalized spacial score (nSPS) is 20.2. The van der Waals surface area contributed by atoms with E-state index in [-0.39, 0.29) is 107 Å². The molecule has 0 fully saturated rings. The van der Waals surface area contributed by atoms with Gasteiger partial charge in [0.1, 0.15) is 191 Å². The first-order valence-electron chi connectivity index (χ1n) is 52.1. The second-order valence-electron chi connectivity index (χ2n) is 39.7.